The van der Waals surface area contributed by atoms with Gasteiger partial charge in [0.05, 0.1) is 0 Å². The summed E-state index contributed by atoms with van der Waals surface area (Å²) in [5.74, 6) is 1.32. The topological polar surface area (TPSA) is 38.7 Å². The highest BCUT2D eigenvalue weighted by Crippen LogP contribution is 2.25. The van der Waals surface area contributed by atoms with Crippen LogP contribution >= 0.6 is 0 Å². The molecule has 0 saturated carbocycles. The molecular weight excluding hydrogens is 251 g/mol. The van der Waals surface area contributed by atoms with Gasteiger partial charge in [0.15, 0.2) is 0 Å². The van der Waals surface area contributed by atoms with Crippen LogP contribution in [0.15, 0.2) is 36.4 Å². The summed E-state index contributed by atoms with van der Waals surface area (Å²) in [4.78, 5) is 0. The van der Waals surface area contributed by atoms with Crippen molar-refractivity contribution in [2.24, 2.45) is 0 Å². The first-order valence-corrected chi connectivity index (χ1v) is 6.63. The van der Waals surface area contributed by atoms with Crippen molar-refractivity contribution in [3.05, 3.63) is 58.7 Å². The fourth-order valence-electron chi connectivity index (χ4n) is 2.20. The standard InChI is InChI=1S/C16H19BO3/c1-11-7-5-8-12(2)15(11)19-17(18)20-16-13(3)9-6-10-14(16)4/h5-10,18H,1-4H3. The Morgan fingerprint density at radius 3 is 1.30 bits per heavy atom. The normalized spacial score (nSPS) is 10.2. The summed E-state index contributed by atoms with van der Waals surface area (Å²) in [6.45, 7) is 7.75. The maximum Gasteiger partial charge on any atom is 0.785 e. The zero-order valence-corrected chi connectivity index (χ0v) is 12.3. The maximum absolute atomic E-state index is 10.0. The predicted molar refractivity (Wildman–Crippen MR) is 81.1 cm³/mol. The molecule has 0 fully saturated rings. The zero-order chi connectivity index (χ0) is 14.7. The fraction of sp³-hybridized carbons (Fsp3) is 0.250. The van der Waals surface area contributed by atoms with Gasteiger partial charge in [0.2, 0.25) is 0 Å². The second-order valence-corrected chi connectivity index (χ2v) is 4.98. The highest BCUT2D eigenvalue weighted by atomic mass is 16.7. The van der Waals surface area contributed by atoms with Gasteiger partial charge in [0.1, 0.15) is 11.5 Å². The molecule has 0 unspecified atom stereocenters. The monoisotopic (exact) mass is 270 g/mol. The number of benzene rings is 2. The highest BCUT2D eigenvalue weighted by molar-refractivity contribution is 6.36. The average molecular weight is 270 g/mol. The van der Waals surface area contributed by atoms with Crippen molar-refractivity contribution in [3.8, 4) is 11.5 Å². The van der Waals surface area contributed by atoms with Crippen LogP contribution in [0.1, 0.15) is 22.3 Å². The van der Waals surface area contributed by atoms with E-state index in [-0.39, 0.29) is 0 Å². The quantitative estimate of drug-likeness (QED) is 0.866. The molecule has 1 N–H and O–H groups in total. The van der Waals surface area contributed by atoms with Gasteiger partial charge in [-0.3, -0.25) is 0 Å². The summed E-state index contributed by atoms with van der Waals surface area (Å²) in [7, 11) is -1.32. The molecule has 104 valence electrons. The summed E-state index contributed by atoms with van der Waals surface area (Å²) >= 11 is 0. The lowest BCUT2D eigenvalue weighted by atomic mass is 10.1. The van der Waals surface area contributed by atoms with Crippen LogP contribution in [0.4, 0.5) is 0 Å². The van der Waals surface area contributed by atoms with Crippen molar-refractivity contribution in [2.45, 2.75) is 27.7 Å². The Kier molecular flexibility index (Phi) is 4.35. The van der Waals surface area contributed by atoms with Crippen LogP contribution in [0, 0.1) is 27.7 Å². The van der Waals surface area contributed by atoms with Gasteiger partial charge in [-0.1, -0.05) is 36.4 Å². The summed E-state index contributed by atoms with van der Waals surface area (Å²) in [6, 6.07) is 11.7. The molecule has 0 aliphatic rings. The van der Waals surface area contributed by atoms with E-state index in [1.807, 2.05) is 64.1 Å². The zero-order valence-electron chi connectivity index (χ0n) is 12.3. The fourth-order valence-corrected chi connectivity index (χ4v) is 2.20. The molecule has 0 aliphatic heterocycles. The lowest BCUT2D eigenvalue weighted by Crippen LogP contribution is -2.30. The minimum atomic E-state index is -1.32. The number of hydrogen-bond donors (Lipinski definition) is 1. The molecule has 0 aromatic heterocycles. The van der Waals surface area contributed by atoms with Crippen LogP contribution in [0.2, 0.25) is 0 Å². The first kappa shape index (κ1) is 14.5. The van der Waals surface area contributed by atoms with Gasteiger partial charge in [0.25, 0.3) is 0 Å². The van der Waals surface area contributed by atoms with Gasteiger partial charge in [-0.2, -0.15) is 0 Å². The Hall–Kier alpha value is -1.94. The summed E-state index contributed by atoms with van der Waals surface area (Å²) < 4.78 is 11.0. The van der Waals surface area contributed by atoms with Crippen LogP contribution < -0.4 is 9.31 Å². The van der Waals surface area contributed by atoms with E-state index in [0.717, 1.165) is 22.3 Å². The summed E-state index contributed by atoms with van der Waals surface area (Å²) in [5, 5.41) is 10.0. The molecule has 0 radical (unpaired) electrons. The molecule has 0 aliphatic carbocycles. The lowest BCUT2D eigenvalue weighted by Gasteiger charge is -2.17. The molecule has 0 heterocycles. The van der Waals surface area contributed by atoms with E-state index >= 15 is 0 Å². The molecule has 2 aromatic rings. The van der Waals surface area contributed by atoms with Crippen LogP contribution in [0.25, 0.3) is 0 Å². The molecular formula is C16H19BO3. The molecule has 20 heavy (non-hydrogen) atoms. The Balaban J connectivity index is 2.15. The van der Waals surface area contributed by atoms with E-state index < -0.39 is 7.32 Å². The van der Waals surface area contributed by atoms with Gasteiger partial charge in [-0.15, -0.1) is 0 Å². The van der Waals surface area contributed by atoms with E-state index in [0.29, 0.717) is 11.5 Å². The number of hydrogen-bond acceptors (Lipinski definition) is 3. The largest absolute Gasteiger partial charge is 0.785 e. The van der Waals surface area contributed by atoms with Gasteiger partial charge in [0, 0.05) is 0 Å². The van der Waals surface area contributed by atoms with Crippen molar-refractivity contribution in [2.75, 3.05) is 0 Å². The van der Waals surface area contributed by atoms with E-state index in [1.54, 1.807) is 0 Å². The molecule has 0 saturated heterocycles. The average Bonchev–Trinajstić information content (AvgIpc) is 2.39. The van der Waals surface area contributed by atoms with Crippen molar-refractivity contribution >= 4 is 7.32 Å². The molecule has 2 aromatic carbocycles. The van der Waals surface area contributed by atoms with Crippen LogP contribution in [0.3, 0.4) is 0 Å². The first-order chi connectivity index (χ1) is 9.49. The van der Waals surface area contributed by atoms with E-state index in [1.165, 1.54) is 0 Å². The Bertz CT molecular complexity index is 517. The van der Waals surface area contributed by atoms with Crippen molar-refractivity contribution in [1.82, 2.24) is 0 Å². The van der Waals surface area contributed by atoms with Crippen molar-refractivity contribution < 1.29 is 14.3 Å². The Labute approximate surface area is 120 Å². The highest BCUT2D eigenvalue weighted by Gasteiger charge is 2.24. The second kappa shape index (κ2) is 6.01. The number of aryl methyl sites for hydroxylation is 4. The molecule has 3 nitrogen and oxygen atoms in total. The number of para-hydroxylation sites is 2. The minimum Gasteiger partial charge on any atom is -0.501 e. The van der Waals surface area contributed by atoms with Crippen LogP contribution in [-0.2, 0) is 0 Å². The maximum atomic E-state index is 10.0. The SMILES string of the molecule is Cc1cccc(C)c1OB(O)Oc1c(C)cccc1C. The smallest absolute Gasteiger partial charge is 0.501 e. The second-order valence-electron chi connectivity index (χ2n) is 4.98. The van der Waals surface area contributed by atoms with Gasteiger partial charge in [-0.25, -0.2) is 0 Å². The van der Waals surface area contributed by atoms with Gasteiger partial charge in [-0.05, 0) is 49.9 Å². The number of rotatable bonds is 4. The van der Waals surface area contributed by atoms with Gasteiger partial charge < -0.3 is 14.3 Å². The molecule has 2 rings (SSSR count). The summed E-state index contributed by atoms with van der Waals surface area (Å²) in [5.41, 5.74) is 3.87. The molecule has 4 heteroatoms. The minimum absolute atomic E-state index is 0.659. The van der Waals surface area contributed by atoms with Crippen LogP contribution in [-0.4, -0.2) is 12.3 Å². The molecule has 0 atom stereocenters. The van der Waals surface area contributed by atoms with Crippen LogP contribution in [0.5, 0.6) is 11.5 Å². The predicted octanol–water partition coefficient (Wildman–Crippen LogP) is 3.36. The van der Waals surface area contributed by atoms with E-state index in [9.17, 15) is 5.02 Å². The van der Waals surface area contributed by atoms with Gasteiger partial charge >= 0.3 is 7.32 Å². The van der Waals surface area contributed by atoms with Crippen molar-refractivity contribution in [3.63, 3.8) is 0 Å². The lowest BCUT2D eigenvalue weighted by molar-refractivity contribution is 0.294. The summed E-state index contributed by atoms with van der Waals surface area (Å²) in [6.07, 6.45) is 0. The molecule has 0 spiro atoms. The third-order valence-corrected chi connectivity index (χ3v) is 3.25. The van der Waals surface area contributed by atoms with E-state index in [4.69, 9.17) is 9.31 Å². The Morgan fingerprint density at radius 1 is 0.700 bits per heavy atom. The molecule has 0 bridgehead atoms. The molecule has 0 amide bonds. The first-order valence-electron chi connectivity index (χ1n) is 6.63. The van der Waals surface area contributed by atoms with Crippen molar-refractivity contribution in [1.29, 1.82) is 0 Å². The van der Waals surface area contributed by atoms with E-state index in [2.05, 4.69) is 0 Å². The third kappa shape index (κ3) is 3.14. The Morgan fingerprint density at radius 2 is 1.00 bits per heavy atom. The third-order valence-electron chi connectivity index (χ3n) is 3.25.